The zero-order chi connectivity index (χ0) is 6.24. The molecule has 44 valence electrons. The number of hydrogen-bond acceptors (Lipinski definition) is 1. The molecule has 0 aliphatic heterocycles. The van der Waals surface area contributed by atoms with E-state index in [0.717, 1.165) is 6.42 Å². The Kier molecular flexibility index (Phi) is 5.63. The third kappa shape index (κ3) is 5.23. The van der Waals surface area contributed by atoms with Crippen molar-refractivity contribution in [2.75, 3.05) is 0 Å². The standard InChI is InChI=1S/C7H11N/c1-2-3-4-5-6-7-8/h4-5H,2-3,6H2,1H3. The Morgan fingerprint density at radius 2 is 2.25 bits per heavy atom. The van der Waals surface area contributed by atoms with Crippen molar-refractivity contribution in [3.05, 3.63) is 12.2 Å². The molecule has 0 radical (unpaired) electrons. The van der Waals surface area contributed by atoms with Gasteiger partial charge in [-0.2, -0.15) is 5.26 Å². The lowest BCUT2D eigenvalue weighted by atomic mass is 10.3. The summed E-state index contributed by atoms with van der Waals surface area (Å²) in [6, 6.07) is 2.04. The van der Waals surface area contributed by atoms with Gasteiger partial charge in [-0.25, -0.2) is 0 Å². The molecule has 0 saturated carbocycles. The molecular formula is C7H11N. The van der Waals surface area contributed by atoms with E-state index in [2.05, 4.69) is 6.92 Å². The van der Waals surface area contributed by atoms with Crippen LogP contribution in [0, 0.1) is 11.3 Å². The first-order valence-electron chi connectivity index (χ1n) is 2.93. The predicted octanol–water partition coefficient (Wildman–Crippen LogP) is 2.26. The summed E-state index contributed by atoms with van der Waals surface area (Å²) in [7, 11) is 0. The molecule has 0 bridgehead atoms. The van der Waals surface area contributed by atoms with E-state index in [1.54, 1.807) is 0 Å². The highest BCUT2D eigenvalue weighted by molar-refractivity contribution is 4.89. The highest BCUT2D eigenvalue weighted by atomic mass is 14.2. The van der Waals surface area contributed by atoms with Gasteiger partial charge < -0.3 is 0 Å². The fourth-order valence-electron chi connectivity index (χ4n) is 0.421. The molecule has 0 aliphatic carbocycles. The van der Waals surface area contributed by atoms with Crippen LogP contribution in [-0.2, 0) is 0 Å². The van der Waals surface area contributed by atoms with Gasteiger partial charge in [0, 0.05) is 0 Å². The highest BCUT2D eigenvalue weighted by Crippen LogP contribution is 1.88. The number of unbranched alkanes of at least 4 members (excludes halogenated alkanes) is 1. The second-order valence-electron chi connectivity index (χ2n) is 1.62. The molecule has 0 aromatic rings. The van der Waals surface area contributed by atoms with Crippen molar-refractivity contribution in [1.29, 1.82) is 5.26 Å². The van der Waals surface area contributed by atoms with Gasteiger partial charge in [0.15, 0.2) is 0 Å². The molecule has 0 aromatic carbocycles. The van der Waals surface area contributed by atoms with Crippen LogP contribution in [0.15, 0.2) is 12.2 Å². The van der Waals surface area contributed by atoms with Crippen LogP contribution in [0.2, 0.25) is 0 Å². The molecule has 0 amide bonds. The van der Waals surface area contributed by atoms with Gasteiger partial charge in [0.05, 0.1) is 12.5 Å². The van der Waals surface area contributed by atoms with Crippen LogP contribution in [0.25, 0.3) is 0 Å². The Morgan fingerprint density at radius 1 is 1.50 bits per heavy atom. The monoisotopic (exact) mass is 109 g/mol. The van der Waals surface area contributed by atoms with Crippen LogP contribution < -0.4 is 0 Å². The number of rotatable bonds is 3. The lowest BCUT2D eigenvalue weighted by Crippen LogP contribution is -1.60. The van der Waals surface area contributed by atoms with E-state index in [0.29, 0.717) is 6.42 Å². The summed E-state index contributed by atoms with van der Waals surface area (Å²) in [5.74, 6) is 0. The summed E-state index contributed by atoms with van der Waals surface area (Å²) in [6.07, 6.45) is 6.77. The fraction of sp³-hybridized carbons (Fsp3) is 0.571. The van der Waals surface area contributed by atoms with Gasteiger partial charge in [-0.1, -0.05) is 25.5 Å². The smallest absolute Gasteiger partial charge is 0.0663 e. The molecule has 0 rings (SSSR count). The Bertz CT molecular complexity index is 97.4. The first-order valence-corrected chi connectivity index (χ1v) is 2.93. The van der Waals surface area contributed by atoms with Crippen molar-refractivity contribution < 1.29 is 0 Å². The van der Waals surface area contributed by atoms with Gasteiger partial charge in [0.25, 0.3) is 0 Å². The number of nitriles is 1. The van der Waals surface area contributed by atoms with E-state index >= 15 is 0 Å². The molecule has 0 unspecified atom stereocenters. The highest BCUT2D eigenvalue weighted by Gasteiger charge is 1.71. The second-order valence-corrected chi connectivity index (χ2v) is 1.62. The van der Waals surface area contributed by atoms with E-state index in [9.17, 15) is 0 Å². The zero-order valence-electron chi connectivity index (χ0n) is 5.22. The van der Waals surface area contributed by atoms with E-state index in [-0.39, 0.29) is 0 Å². The maximum absolute atomic E-state index is 8.06. The third-order valence-electron chi connectivity index (χ3n) is 0.831. The van der Waals surface area contributed by atoms with Crippen molar-refractivity contribution in [2.24, 2.45) is 0 Å². The molecule has 1 heteroatoms. The van der Waals surface area contributed by atoms with E-state index in [1.807, 2.05) is 18.2 Å². The fourth-order valence-corrected chi connectivity index (χ4v) is 0.421. The number of nitrogens with zero attached hydrogens (tertiary/aromatic N) is 1. The van der Waals surface area contributed by atoms with Gasteiger partial charge >= 0.3 is 0 Å². The molecule has 0 aliphatic rings. The lowest BCUT2D eigenvalue weighted by molar-refractivity contribution is 0.955. The summed E-state index contributed by atoms with van der Waals surface area (Å²) in [4.78, 5) is 0. The molecule has 0 spiro atoms. The van der Waals surface area contributed by atoms with Crippen molar-refractivity contribution in [2.45, 2.75) is 26.2 Å². The molecule has 1 nitrogen and oxygen atoms in total. The maximum atomic E-state index is 8.06. The molecular weight excluding hydrogens is 98.1 g/mol. The van der Waals surface area contributed by atoms with E-state index in [1.165, 1.54) is 6.42 Å². The molecule has 0 aromatic heterocycles. The topological polar surface area (TPSA) is 23.8 Å². The van der Waals surface area contributed by atoms with Gasteiger partial charge in [0.1, 0.15) is 0 Å². The molecule has 0 atom stereocenters. The van der Waals surface area contributed by atoms with Gasteiger partial charge in [-0.15, -0.1) is 0 Å². The van der Waals surface area contributed by atoms with Gasteiger partial charge in [0.2, 0.25) is 0 Å². The van der Waals surface area contributed by atoms with Crippen molar-refractivity contribution in [3.8, 4) is 6.07 Å². The first-order chi connectivity index (χ1) is 3.91. The average molecular weight is 109 g/mol. The van der Waals surface area contributed by atoms with Crippen LogP contribution >= 0.6 is 0 Å². The van der Waals surface area contributed by atoms with Crippen LogP contribution in [0.4, 0.5) is 0 Å². The Balaban J connectivity index is 2.98. The first kappa shape index (κ1) is 7.23. The van der Waals surface area contributed by atoms with Gasteiger partial charge in [-0.05, 0) is 6.42 Å². The zero-order valence-corrected chi connectivity index (χ0v) is 5.22. The van der Waals surface area contributed by atoms with E-state index in [4.69, 9.17) is 5.26 Å². The third-order valence-corrected chi connectivity index (χ3v) is 0.831. The second kappa shape index (κ2) is 6.23. The minimum Gasteiger partial charge on any atom is -0.198 e. The van der Waals surface area contributed by atoms with E-state index < -0.39 is 0 Å². The minimum absolute atomic E-state index is 0.556. The average Bonchev–Trinajstić information content (AvgIpc) is 1.81. The molecule has 0 fully saturated rings. The lowest BCUT2D eigenvalue weighted by Gasteiger charge is -1.78. The maximum Gasteiger partial charge on any atom is 0.0663 e. The summed E-state index contributed by atoms with van der Waals surface area (Å²) in [5, 5.41) is 8.06. The Labute approximate surface area is 50.6 Å². The summed E-state index contributed by atoms with van der Waals surface area (Å²) < 4.78 is 0. The van der Waals surface area contributed by atoms with Crippen molar-refractivity contribution in [1.82, 2.24) is 0 Å². The molecule has 0 N–H and O–H groups in total. The normalized spacial score (nSPS) is 9.50. The van der Waals surface area contributed by atoms with Crippen molar-refractivity contribution >= 4 is 0 Å². The molecule has 8 heavy (non-hydrogen) atoms. The predicted molar refractivity (Wildman–Crippen MR) is 34.3 cm³/mol. The van der Waals surface area contributed by atoms with Crippen LogP contribution in [-0.4, -0.2) is 0 Å². The minimum atomic E-state index is 0.556. The largest absolute Gasteiger partial charge is 0.198 e. The van der Waals surface area contributed by atoms with Crippen LogP contribution in [0.3, 0.4) is 0 Å². The summed E-state index contributed by atoms with van der Waals surface area (Å²) >= 11 is 0. The van der Waals surface area contributed by atoms with Crippen LogP contribution in [0.1, 0.15) is 26.2 Å². The quantitative estimate of drug-likeness (QED) is 0.510. The summed E-state index contributed by atoms with van der Waals surface area (Å²) in [6.45, 7) is 2.12. The number of hydrogen-bond donors (Lipinski definition) is 0. The summed E-state index contributed by atoms with van der Waals surface area (Å²) in [5.41, 5.74) is 0. The number of allylic oxidation sites excluding steroid dienone is 2. The molecule has 0 heterocycles. The Hall–Kier alpha value is -0.770. The SMILES string of the molecule is CCCC=CCC#N. The Morgan fingerprint density at radius 3 is 2.75 bits per heavy atom. The van der Waals surface area contributed by atoms with Crippen molar-refractivity contribution in [3.63, 3.8) is 0 Å². The van der Waals surface area contributed by atoms with Gasteiger partial charge in [-0.3, -0.25) is 0 Å². The molecule has 0 saturated heterocycles. The van der Waals surface area contributed by atoms with Crippen LogP contribution in [0.5, 0.6) is 0 Å².